The van der Waals surface area contributed by atoms with Crippen molar-refractivity contribution in [1.29, 1.82) is 0 Å². The minimum atomic E-state index is -1.60. The van der Waals surface area contributed by atoms with Gasteiger partial charge in [0.25, 0.3) is 0 Å². The van der Waals surface area contributed by atoms with Crippen molar-refractivity contribution in [3.8, 4) is 0 Å². The number of hydrogen-bond acceptors (Lipinski definition) is 7. The number of ether oxygens (including phenoxy) is 2. The van der Waals surface area contributed by atoms with Crippen LogP contribution >= 0.6 is 0 Å². The second-order valence-electron chi connectivity index (χ2n) is 3.30. The maximum atomic E-state index is 10.7. The van der Waals surface area contributed by atoms with Crippen LogP contribution in [0, 0.1) is 0 Å². The summed E-state index contributed by atoms with van der Waals surface area (Å²) < 4.78 is 9.31. The van der Waals surface area contributed by atoms with Crippen molar-refractivity contribution in [3.63, 3.8) is 0 Å². The Bertz CT molecular complexity index is 231. The maximum Gasteiger partial charge on any atom is 0.303 e. The fourth-order valence-corrected chi connectivity index (χ4v) is 1.40. The smallest absolute Gasteiger partial charge is 0.303 e. The van der Waals surface area contributed by atoms with E-state index in [0.29, 0.717) is 0 Å². The van der Waals surface area contributed by atoms with E-state index in [1.807, 2.05) is 0 Å². The van der Waals surface area contributed by atoms with Crippen LogP contribution in [0.3, 0.4) is 0 Å². The van der Waals surface area contributed by atoms with Crippen LogP contribution in [0.4, 0.5) is 0 Å². The molecule has 0 aromatic rings. The van der Waals surface area contributed by atoms with Gasteiger partial charge in [-0.15, -0.1) is 0 Å². The van der Waals surface area contributed by atoms with Crippen molar-refractivity contribution >= 4 is 5.97 Å². The van der Waals surface area contributed by atoms with Crippen LogP contribution in [0.15, 0.2) is 0 Å². The molecule has 0 aromatic carbocycles. The highest BCUT2D eigenvalue weighted by atomic mass is 16.7. The van der Waals surface area contributed by atoms with Crippen molar-refractivity contribution in [3.05, 3.63) is 0 Å². The molecular formula is C8H14O7. The molecule has 0 amide bonds. The summed E-state index contributed by atoms with van der Waals surface area (Å²) in [6.45, 7) is 0.554. The molecule has 0 saturated carbocycles. The van der Waals surface area contributed by atoms with Crippen LogP contribution in [-0.4, -0.2) is 63.7 Å². The highest BCUT2D eigenvalue weighted by Crippen LogP contribution is 2.22. The molecular weight excluding hydrogens is 208 g/mol. The van der Waals surface area contributed by atoms with Gasteiger partial charge in [0.1, 0.15) is 18.3 Å². The molecule has 4 N–H and O–H groups in total. The van der Waals surface area contributed by atoms with E-state index in [1.165, 1.54) is 0 Å². The van der Waals surface area contributed by atoms with E-state index in [2.05, 4.69) is 9.47 Å². The molecule has 0 spiro atoms. The van der Waals surface area contributed by atoms with E-state index in [0.717, 1.165) is 6.92 Å². The third-order valence-electron chi connectivity index (χ3n) is 2.14. The van der Waals surface area contributed by atoms with Crippen molar-refractivity contribution in [2.75, 3.05) is 6.61 Å². The lowest BCUT2D eigenvalue weighted by Gasteiger charge is -2.39. The number of carbonyl (C=O) groups is 1. The first-order chi connectivity index (χ1) is 6.97. The quantitative estimate of drug-likeness (QED) is 0.377. The van der Waals surface area contributed by atoms with Crippen LogP contribution in [0.2, 0.25) is 0 Å². The van der Waals surface area contributed by atoms with Gasteiger partial charge in [-0.1, -0.05) is 0 Å². The molecule has 5 atom stereocenters. The van der Waals surface area contributed by atoms with E-state index in [9.17, 15) is 20.1 Å². The third kappa shape index (κ3) is 2.64. The molecule has 0 radical (unpaired) electrons. The zero-order chi connectivity index (χ0) is 11.6. The SMILES string of the molecule is CC(=O)O[C@H]1[C@H](O)[C@@H](CO)OC(O)[C@H]1O. The van der Waals surface area contributed by atoms with E-state index in [4.69, 9.17) is 5.11 Å². The normalized spacial score (nSPS) is 41.3. The molecule has 7 nitrogen and oxygen atoms in total. The topological polar surface area (TPSA) is 116 Å². The van der Waals surface area contributed by atoms with E-state index in [1.54, 1.807) is 0 Å². The number of hydrogen-bond donors (Lipinski definition) is 4. The highest BCUT2D eigenvalue weighted by molar-refractivity contribution is 5.66. The van der Waals surface area contributed by atoms with Gasteiger partial charge in [0.2, 0.25) is 0 Å². The van der Waals surface area contributed by atoms with Crippen LogP contribution in [-0.2, 0) is 14.3 Å². The Labute approximate surface area is 85.9 Å². The number of aliphatic hydroxyl groups excluding tert-OH is 4. The molecule has 1 aliphatic heterocycles. The molecule has 1 rings (SSSR count). The Kier molecular flexibility index (Phi) is 4.00. The molecule has 0 aromatic heterocycles. The van der Waals surface area contributed by atoms with Crippen LogP contribution in [0.1, 0.15) is 6.92 Å². The monoisotopic (exact) mass is 222 g/mol. The van der Waals surface area contributed by atoms with Gasteiger partial charge in [-0.3, -0.25) is 4.79 Å². The molecule has 7 heteroatoms. The predicted molar refractivity (Wildman–Crippen MR) is 45.5 cm³/mol. The fraction of sp³-hybridized carbons (Fsp3) is 0.875. The number of rotatable bonds is 2. The lowest BCUT2D eigenvalue weighted by atomic mass is 9.99. The zero-order valence-corrected chi connectivity index (χ0v) is 8.11. The van der Waals surface area contributed by atoms with Gasteiger partial charge in [-0.05, 0) is 0 Å². The van der Waals surface area contributed by atoms with Crippen molar-refractivity contribution in [2.45, 2.75) is 37.6 Å². The summed E-state index contributed by atoms with van der Waals surface area (Å²) in [5.74, 6) is -0.705. The second-order valence-corrected chi connectivity index (χ2v) is 3.30. The Morgan fingerprint density at radius 3 is 2.40 bits per heavy atom. The summed E-state index contributed by atoms with van der Waals surface area (Å²) in [4.78, 5) is 10.7. The average Bonchev–Trinajstić information content (AvgIpc) is 2.18. The summed E-state index contributed by atoms with van der Waals surface area (Å²) in [6, 6.07) is 0. The molecule has 0 bridgehead atoms. The summed E-state index contributed by atoms with van der Waals surface area (Å²) in [5.41, 5.74) is 0. The van der Waals surface area contributed by atoms with Gasteiger partial charge in [-0.2, -0.15) is 0 Å². The summed E-state index contributed by atoms with van der Waals surface area (Å²) in [7, 11) is 0. The highest BCUT2D eigenvalue weighted by Gasteiger charge is 2.45. The first-order valence-electron chi connectivity index (χ1n) is 4.45. The van der Waals surface area contributed by atoms with E-state index >= 15 is 0 Å². The van der Waals surface area contributed by atoms with Gasteiger partial charge in [0.15, 0.2) is 12.4 Å². The van der Waals surface area contributed by atoms with Gasteiger partial charge in [0, 0.05) is 6.92 Å². The van der Waals surface area contributed by atoms with E-state index in [-0.39, 0.29) is 0 Å². The first kappa shape index (κ1) is 12.3. The molecule has 1 saturated heterocycles. The third-order valence-corrected chi connectivity index (χ3v) is 2.14. The molecule has 15 heavy (non-hydrogen) atoms. The van der Waals surface area contributed by atoms with Crippen LogP contribution in [0.5, 0.6) is 0 Å². The van der Waals surface area contributed by atoms with Crippen molar-refractivity contribution in [1.82, 2.24) is 0 Å². The molecule has 1 heterocycles. The summed E-state index contributed by atoms with van der Waals surface area (Å²) in [6.07, 6.45) is -6.91. The van der Waals surface area contributed by atoms with Gasteiger partial charge < -0.3 is 29.9 Å². The van der Waals surface area contributed by atoms with E-state index < -0.39 is 43.3 Å². The van der Waals surface area contributed by atoms with Crippen molar-refractivity contribution in [2.24, 2.45) is 0 Å². The number of aliphatic hydroxyl groups is 4. The molecule has 1 aliphatic rings. The van der Waals surface area contributed by atoms with Crippen LogP contribution in [0.25, 0.3) is 0 Å². The van der Waals surface area contributed by atoms with Gasteiger partial charge in [-0.25, -0.2) is 0 Å². The Hall–Kier alpha value is -0.730. The molecule has 1 unspecified atom stereocenters. The Morgan fingerprint density at radius 1 is 1.33 bits per heavy atom. The molecule has 88 valence electrons. The lowest BCUT2D eigenvalue weighted by molar-refractivity contribution is -0.289. The van der Waals surface area contributed by atoms with Gasteiger partial charge in [0.05, 0.1) is 6.61 Å². The second kappa shape index (κ2) is 4.86. The number of esters is 1. The largest absolute Gasteiger partial charge is 0.457 e. The number of carbonyl (C=O) groups excluding carboxylic acids is 1. The zero-order valence-electron chi connectivity index (χ0n) is 8.11. The van der Waals surface area contributed by atoms with Crippen molar-refractivity contribution < 1.29 is 34.7 Å². The maximum absolute atomic E-state index is 10.7. The fourth-order valence-electron chi connectivity index (χ4n) is 1.40. The van der Waals surface area contributed by atoms with Gasteiger partial charge >= 0.3 is 5.97 Å². The predicted octanol–water partition coefficient (Wildman–Crippen LogP) is -2.65. The summed E-state index contributed by atoms with van der Waals surface area (Å²) >= 11 is 0. The minimum absolute atomic E-state index is 0.553. The summed E-state index contributed by atoms with van der Waals surface area (Å²) in [5, 5.41) is 36.9. The molecule has 1 fully saturated rings. The Balaban J connectivity index is 2.74. The first-order valence-corrected chi connectivity index (χ1v) is 4.45. The molecule has 0 aliphatic carbocycles. The lowest BCUT2D eigenvalue weighted by Crippen LogP contribution is -2.59. The minimum Gasteiger partial charge on any atom is -0.457 e. The standard InChI is InChI=1S/C8H14O7/c1-3(10)14-7-5(11)4(2-9)15-8(13)6(7)12/h4-9,11-13H,2H2,1H3/t4-,5-,6+,7+,8?/m1/s1. The van der Waals surface area contributed by atoms with Crippen LogP contribution < -0.4 is 0 Å². The Morgan fingerprint density at radius 2 is 1.93 bits per heavy atom. The average molecular weight is 222 g/mol.